The van der Waals surface area contributed by atoms with Gasteiger partial charge in [-0.2, -0.15) is 5.10 Å². The standard InChI is InChI=1S/C13H13ClN4O/c1-7-3-4-9(14)6-10(7)18-8(2)5-11(19)12(17-18)13(15)16/h3-6H,1-2H3,(H3,15,16). The molecule has 0 radical (unpaired) electrons. The summed E-state index contributed by atoms with van der Waals surface area (Å²) in [5, 5.41) is 12.1. The molecular formula is C13H13ClN4O. The fraction of sp³-hybridized carbons (Fsp3) is 0.154. The molecule has 19 heavy (non-hydrogen) atoms. The van der Waals surface area contributed by atoms with Gasteiger partial charge < -0.3 is 5.73 Å². The molecule has 0 fully saturated rings. The van der Waals surface area contributed by atoms with Gasteiger partial charge in [-0.3, -0.25) is 10.2 Å². The summed E-state index contributed by atoms with van der Waals surface area (Å²) in [6.45, 7) is 3.68. The Hall–Kier alpha value is -2.14. The van der Waals surface area contributed by atoms with Crippen molar-refractivity contribution in [2.24, 2.45) is 5.73 Å². The summed E-state index contributed by atoms with van der Waals surface area (Å²) in [5.74, 6) is -0.349. The van der Waals surface area contributed by atoms with Crippen molar-refractivity contribution in [2.45, 2.75) is 13.8 Å². The zero-order chi connectivity index (χ0) is 14.2. The first-order chi connectivity index (χ1) is 8.90. The Labute approximate surface area is 115 Å². The molecule has 0 saturated carbocycles. The Morgan fingerprint density at radius 3 is 2.68 bits per heavy atom. The molecule has 0 spiro atoms. The maximum Gasteiger partial charge on any atom is 0.211 e. The summed E-state index contributed by atoms with van der Waals surface area (Å²) in [6, 6.07) is 6.81. The number of benzene rings is 1. The normalized spacial score (nSPS) is 10.5. The Morgan fingerprint density at radius 2 is 2.05 bits per heavy atom. The van der Waals surface area contributed by atoms with E-state index in [4.69, 9.17) is 22.7 Å². The lowest BCUT2D eigenvalue weighted by Gasteiger charge is -2.13. The zero-order valence-electron chi connectivity index (χ0n) is 10.6. The molecule has 1 heterocycles. The fourth-order valence-electron chi connectivity index (χ4n) is 1.79. The quantitative estimate of drug-likeness (QED) is 0.648. The van der Waals surface area contributed by atoms with Crippen molar-refractivity contribution < 1.29 is 0 Å². The number of hydrogen-bond donors (Lipinski definition) is 2. The highest BCUT2D eigenvalue weighted by molar-refractivity contribution is 6.30. The summed E-state index contributed by atoms with van der Waals surface area (Å²) in [4.78, 5) is 11.7. The van der Waals surface area contributed by atoms with Gasteiger partial charge in [0.15, 0.2) is 5.69 Å². The van der Waals surface area contributed by atoms with Gasteiger partial charge in [-0.1, -0.05) is 17.7 Å². The van der Waals surface area contributed by atoms with Crippen LogP contribution in [0.1, 0.15) is 17.0 Å². The molecule has 3 N–H and O–H groups in total. The van der Waals surface area contributed by atoms with Crippen LogP contribution in [0.3, 0.4) is 0 Å². The van der Waals surface area contributed by atoms with Crippen LogP contribution in [-0.2, 0) is 0 Å². The highest BCUT2D eigenvalue weighted by Crippen LogP contribution is 2.19. The Kier molecular flexibility index (Phi) is 3.40. The van der Waals surface area contributed by atoms with E-state index in [2.05, 4.69) is 5.10 Å². The predicted molar refractivity (Wildman–Crippen MR) is 75.3 cm³/mol. The molecule has 2 rings (SSSR count). The molecule has 6 heteroatoms. The van der Waals surface area contributed by atoms with Crippen LogP contribution in [0.4, 0.5) is 0 Å². The van der Waals surface area contributed by atoms with Gasteiger partial charge in [0.2, 0.25) is 5.43 Å². The molecule has 0 amide bonds. The van der Waals surface area contributed by atoms with Crippen LogP contribution in [-0.4, -0.2) is 15.6 Å². The van der Waals surface area contributed by atoms with Gasteiger partial charge in [-0.15, -0.1) is 0 Å². The van der Waals surface area contributed by atoms with Gasteiger partial charge in [-0.25, -0.2) is 4.68 Å². The maximum atomic E-state index is 11.7. The van der Waals surface area contributed by atoms with Crippen molar-refractivity contribution in [3.05, 3.63) is 56.5 Å². The number of halogens is 1. The molecule has 0 unspecified atom stereocenters. The minimum absolute atomic E-state index is 0.0648. The first-order valence-electron chi connectivity index (χ1n) is 5.62. The lowest BCUT2D eigenvalue weighted by molar-refractivity contribution is 0.787. The number of rotatable bonds is 2. The number of nitrogen functional groups attached to an aromatic ring is 1. The van der Waals surface area contributed by atoms with E-state index in [1.807, 2.05) is 13.0 Å². The number of amidine groups is 1. The average Bonchev–Trinajstić information content (AvgIpc) is 2.32. The van der Waals surface area contributed by atoms with Crippen LogP contribution >= 0.6 is 11.6 Å². The molecular weight excluding hydrogens is 264 g/mol. The van der Waals surface area contributed by atoms with E-state index in [-0.39, 0.29) is 17.0 Å². The molecule has 1 aromatic heterocycles. The van der Waals surface area contributed by atoms with E-state index in [0.29, 0.717) is 10.7 Å². The van der Waals surface area contributed by atoms with Gasteiger partial charge in [0.25, 0.3) is 0 Å². The lowest BCUT2D eigenvalue weighted by Crippen LogP contribution is -2.27. The van der Waals surface area contributed by atoms with Gasteiger partial charge >= 0.3 is 0 Å². The topological polar surface area (TPSA) is 84.8 Å². The molecule has 1 aromatic carbocycles. The average molecular weight is 277 g/mol. The third-order valence-corrected chi connectivity index (χ3v) is 3.00. The lowest BCUT2D eigenvalue weighted by atomic mass is 10.2. The summed E-state index contributed by atoms with van der Waals surface area (Å²) < 4.78 is 1.57. The number of nitrogens with one attached hydrogen (secondary N) is 1. The van der Waals surface area contributed by atoms with E-state index in [9.17, 15) is 4.79 Å². The van der Waals surface area contributed by atoms with Crippen LogP contribution in [0.25, 0.3) is 5.69 Å². The molecule has 5 nitrogen and oxygen atoms in total. The number of aryl methyl sites for hydroxylation is 2. The first kappa shape index (κ1) is 13.3. The number of nitrogens with zero attached hydrogens (tertiary/aromatic N) is 2. The van der Waals surface area contributed by atoms with Crippen molar-refractivity contribution in [3.63, 3.8) is 0 Å². The zero-order valence-corrected chi connectivity index (χ0v) is 11.3. The highest BCUT2D eigenvalue weighted by Gasteiger charge is 2.11. The van der Waals surface area contributed by atoms with E-state index >= 15 is 0 Å². The van der Waals surface area contributed by atoms with Crippen molar-refractivity contribution in [1.29, 1.82) is 5.41 Å². The summed E-state index contributed by atoms with van der Waals surface area (Å²) in [6.07, 6.45) is 0. The molecule has 0 aliphatic rings. The third-order valence-electron chi connectivity index (χ3n) is 2.76. The van der Waals surface area contributed by atoms with Gasteiger partial charge in [0.1, 0.15) is 5.84 Å². The van der Waals surface area contributed by atoms with Gasteiger partial charge in [0, 0.05) is 16.8 Å². The highest BCUT2D eigenvalue weighted by atomic mass is 35.5. The second kappa shape index (κ2) is 4.85. The van der Waals surface area contributed by atoms with E-state index in [0.717, 1.165) is 11.3 Å². The summed E-state index contributed by atoms with van der Waals surface area (Å²) in [7, 11) is 0. The van der Waals surface area contributed by atoms with E-state index in [1.54, 1.807) is 23.7 Å². The number of aromatic nitrogens is 2. The molecule has 98 valence electrons. The first-order valence-corrected chi connectivity index (χ1v) is 6.00. The Morgan fingerprint density at radius 1 is 1.37 bits per heavy atom. The van der Waals surface area contributed by atoms with E-state index in [1.165, 1.54) is 6.07 Å². The predicted octanol–water partition coefficient (Wildman–Crippen LogP) is 1.79. The Bertz CT molecular complexity index is 721. The fourth-order valence-corrected chi connectivity index (χ4v) is 1.95. The number of nitrogens with two attached hydrogens (primary N) is 1. The van der Waals surface area contributed by atoms with Gasteiger partial charge in [0.05, 0.1) is 5.69 Å². The molecule has 0 aliphatic heterocycles. The summed E-state index contributed by atoms with van der Waals surface area (Å²) in [5.41, 5.74) is 7.30. The van der Waals surface area contributed by atoms with Crippen LogP contribution in [0.5, 0.6) is 0 Å². The Balaban J connectivity index is 2.75. The minimum atomic E-state index is -0.360. The van der Waals surface area contributed by atoms with Crippen molar-refractivity contribution in [2.75, 3.05) is 0 Å². The second-order valence-electron chi connectivity index (χ2n) is 4.25. The van der Waals surface area contributed by atoms with Crippen LogP contribution in [0.2, 0.25) is 5.02 Å². The maximum absolute atomic E-state index is 11.7. The molecule has 0 saturated heterocycles. The summed E-state index contributed by atoms with van der Waals surface area (Å²) >= 11 is 5.98. The molecule has 0 atom stereocenters. The molecule has 0 aliphatic carbocycles. The van der Waals surface area contributed by atoms with Crippen molar-refractivity contribution in [1.82, 2.24) is 9.78 Å². The molecule has 0 bridgehead atoms. The van der Waals surface area contributed by atoms with Gasteiger partial charge in [-0.05, 0) is 31.5 Å². The van der Waals surface area contributed by atoms with Crippen LogP contribution in [0.15, 0.2) is 29.1 Å². The van der Waals surface area contributed by atoms with Crippen LogP contribution < -0.4 is 11.2 Å². The smallest absolute Gasteiger partial charge is 0.211 e. The SMILES string of the molecule is Cc1ccc(Cl)cc1-n1nc(C(=N)N)c(=O)cc1C. The van der Waals surface area contributed by atoms with Crippen molar-refractivity contribution >= 4 is 17.4 Å². The monoisotopic (exact) mass is 276 g/mol. The van der Waals surface area contributed by atoms with Crippen molar-refractivity contribution in [3.8, 4) is 5.69 Å². The second-order valence-corrected chi connectivity index (χ2v) is 4.69. The van der Waals surface area contributed by atoms with E-state index < -0.39 is 0 Å². The molecule has 2 aromatic rings. The largest absolute Gasteiger partial charge is 0.382 e. The van der Waals surface area contributed by atoms with Crippen LogP contribution in [0, 0.1) is 19.3 Å². The third kappa shape index (κ3) is 2.51. The number of hydrogen-bond acceptors (Lipinski definition) is 3. The minimum Gasteiger partial charge on any atom is -0.382 e.